The van der Waals surface area contributed by atoms with E-state index >= 15 is 0 Å². The molecule has 120 valence electrons. The molecule has 0 saturated heterocycles. The molecule has 0 aliphatic carbocycles. The molecule has 0 amide bonds. The molecule has 0 fully saturated rings. The Bertz CT molecular complexity index is 332. The lowest BCUT2D eigenvalue weighted by Gasteiger charge is -2.35. The number of rotatable bonds is 12. The van der Waals surface area contributed by atoms with Gasteiger partial charge in [-0.3, -0.25) is 0 Å². The largest absolute Gasteiger partial charge is 0.322 e. The second kappa shape index (κ2) is 10.8. The van der Waals surface area contributed by atoms with Gasteiger partial charge >= 0.3 is 0 Å². The third kappa shape index (κ3) is 8.26. The van der Waals surface area contributed by atoms with Crippen LogP contribution in [0.1, 0.15) is 70.8 Å². The van der Waals surface area contributed by atoms with Gasteiger partial charge in [0.25, 0.3) is 0 Å². The van der Waals surface area contributed by atoms with E-state index in [9.17, 15) is 0 Å². The lowest BCUT2D eigenvalue weighted by atomic mass is 10.1. The van der Waals surface area contributed by atoms with E-state index in [0.29, 0.717) is 0 Å². The van der Waals surface area contributed by atoms with Crippen LogP contribution >= 0.6 is 0 Å². The Labute approximate surface area is 133 Å². The Kier molecular flexibility index (Phi) is 9.41. The minimum absolute atomic E-state index is 1.19. The van der Waals surface area contributed by atoms with Crippen LogP contribution in [0.25, 0.3) is 0 Å². The second-order valence-corrected chi connectivity index (χ2v) is 6.83. The predicted molar refractivity (Wildman–Crippen MR) is 94.3 cm³/mol. The molecule has 1 heteroatoms. The summed E-state index contributed by atoms with van der Waals surface area (Å²) in [5.41, 5.74) is 1.49. The van der Waals surface area contributed by atoms with Crippen LogP contribution in [-0.2, 0) is 6.54 Å². The maximum atomic E-state index is 2.46. The standard InChI is InChI=1S/C20H36N/c1-4-6-8-13-17-21(3,18-14-9-7-5-2)19-20-15-11-10-12-16-20/h10-12,15-16H,4-9,13-14,17-19H2,1-3H3/q+1. The summed E-state index contributed by atoms with van der Waals surface area (Å²) < 4.78 is 1.22. The summed E-state index contributed by atoms with van der Waals surface area (Å²) in [6, 6.07) is 11.0. The van der Waals surface area contributed by atoms with E-state index in [4.69, 9.17) is 0 Å². The first-order chi connectivity index (χ1) is 10.2. The highest BCUT2D eigenvalue weighted by Gasteiger charge is 2.21. The highest BCUT2D eigenvalue weighted by Crippen LogP contribution is 2.16. The smallest absolute Gasteiger partial charge is 0.104 e. The van der Waals surface area contributed by atoms with Gasteiger partial charge in [0.05, 0.1) is 20.1 Å². The normalized spacial score (nSPS) is 11.8. The van der Waals surface area contributed by atoms with Crippen molar-refractivity contribution in [1.82, 2.24) is 0 Å². The van der Waals surface area contributed by atoms with Crippen LogP contribution in [0.2, 0.25) is 0 Å². The van der Waals surface area contributed by atoms with Crippen molar-refractivity contribution in [3.63, 3.8) is 0 Å². The molecular weight excluding hydrogens is 254 g/mol. The fraction of sp³-hybridized carbons (Fsp3) is 0.700. The third-order valence-electron chi connectivity index (χ3n) is 4.51. The SMILES string of the molecule is CCCCCC[N+](C)(CCCCCC)Cc1ccccc1. The van der Waals surface area contributed by atoms with Crippen LogP contribution in [0.5, 0.6) is 0 Å². The molecule has 0 N–H and O–H groups in total. The lowest BCUT2D eigenvalue weighted by Crippen LogP contribution is -2.44. The minimum atomic E-state index is 1.19. The molecule has 0 atom stereocenters. The van der Waals surface area contributed by atoms with Crippen molar-refractivity contribution < 1.29 is 4.48 Å². The van der Waals surface area contributed by atoms with Crippen molar-refractivity contribution in [2.24, 2.45) is 0 Å². The Morgan fingerprint density at radius 3 is 1.71 bits per heavy atom. The van der Waals surface area contributed by atoms with Gasteiger partial charge in [0, 0.05) is 5.56 Å². The number of unbranched alkanes of at least 4 members (excludes halogenated alkanes) is 6. The van der Waals surface area contributed by atoms with Gasteiger partial charge in [-0.1, -0.05) is 69.9 Å². The number of nitrogens with zero attached hydrogens (tertiary/aromatic N) is 1. The van der Waals surface area contributed by atoms with Gasteiger partial charge in [0.1, 0.15) is 6.54 Å². The molecule has 0 unspecified atom stereocenters. The highest BCUT2D eigenvalue weighted by molar-refractivity contribution is 5.13. The molecular formula is C20H36N+. The summed E-state index contributed by atoms with van der Waals surface area (Å²) in [5.74, 6) is 0. The summed E-state index contributed by atoms with van der Waals surface area (Å²) in [7, 11) is 2.46. The molecule has 1 rings (SSSR count). The first kappa shape index (κ1) is 18.2. The van der Waals surface area contributed by atoms with E-state index in [0.717, 1.165) is 0 Å². The molecule has 1 aromatic carbocycles. The molecule has 0 radical (unpaired) electrons. The molecule has 1 nitrogen and oxygen atoms in total. The van der Waals surface area contributed by atoms with Crippen molar-refractivity contribution >= 4 is 0 Å². The van der Waals surface area contributed by atoms with Gasteiger partial charge < -0.3 is 4.48 Å². The van der Waals surface area contributed by atoms with Crippen molar-refractivity contribution in [2.75, 3.05) is 20.1 Å². The van der Waals surface area contributed by atoms with Gasteiger partial charge in [0.15, 0.2) is 0 Å². The van der Waals surface area contributed by atoms with Crippen LogP contribution in [0.15, 0.2) is 30.3 Å². The fourth-order valence-corrected chi connectivity index (χ4v) is 3.13. The zero-order valence-electron chi connectivity index (χ0n) is 14.6. The molecule has 0 bridgehead atoms. The molecule has 0 spiro atoms. The molecule has 0 aliphatic heterocycles. The number of quaternary nitrogens is 1. The maximum Gasteiger partial charge on any atom is 0.104 e. The van der Waals surface area contributed by atoms with E-state index in [1.165, 1.54) is 81.0 Å². The van der Waals surface area contributed by atoms with Crippen molar-refractivity contribution in [2.45, 2.75) is 71.8 Å². The summed E-state index contributed by atoms with van der Waals surface area (Å²) in [6.45, 7) is 8.45. The maximum absolute atomic E-state index is 2.46. The van der Waals surface area contributed by atoms with E-state index in [1.807, 2.05) is 0 Å². The van der Waals surface area contributed by atoms with Crippen molar-refractivity contribution in [1.29, 1.82) is 0 Å². The average molecular weight is 291 g/mol. The molecule has 0 saturated carbocycles. The first-order valence-corrected chi connectivity index (χ1v) is 9.07. The highest BCUT2D eigenvalue weighted by atomic mass is 15.3. The van der Waals surface area contributed by atoms with Crippen LogP contribution < -0.4 is 0 Å². The number of hydrogen-bond donors (Lipinski definition) is 0. The second-order valence-electron chi connectivity index (χ2n) is 6.83. The number of hydrogen-bond acceptors (Lipinski definition) is 0. The van der Waals surface area contributed by atoms with Gasteiger partial charge in [-0.2, -0.15) is 0 Å². The van der Waals surface area contributed by atoms with E-state index < -0.39 is 0 Å². The van der Waals surface area contributed by atoms with Gasteiger partial charge in [-0.15, -0.1) is 0 Å². The van der Waals surface area contributed by atoms with Crippen molar-refractivity contribution in [3.05, 3.63) is 35.9 Å². The quantitative estimate of drug-likeness (QED) is 0.337. The van der Waals surface area contributed by atoms with E-state index in [-0.39, 0.29) is 0 Å². The Hall–Kier alpha value is -0.820. The molecule has 21 heavy (non-hydrogen) atoms. The minimum Gasteiger partial charge on any atom is -0.322 e. The predicted octanol–water partition coefficient (Wildman–Crippen LogP) is 5.79. The van der Waals surface area contributed by atoms with E-state index in [1.54, 1.807) is 0 Å². The van der Waals surface area contributed by atoms with Crippen LogP contribution in [-0.4, -0.2) is 24.6 Å². The van der Waals surface area contributed by atoms with Crippen LogP contribution in [0.3, 0.4) is 0 Å². The summed E-state index contributed by atoms with van der Waals surface area (Å²) in [4.78, 5) is 0. The summed E-state index contributed by atoms with van der Waals surface area (Å²) in [5, 5.41) is 0. The summed E-state index contributed by atoms with van der Waals surface area (Å²) in [6.07, 6.45) is 11.0. The zero-order chi connectivity index (χ0) is 15.4. The monoisotopic (exact) mass is 290 g/mol. The Morgan fingerprint density at radius 2 is 1.24 bits per heavy atom. The average Bonchev–Trinajstić information content (AvgIpc) is 2.49. The van der Waals surface area contributed by atoms with E-state index in [2.05, 4.69) is 51.2 Å². The van der Waals surface area contributed by atoms with Gasteiger partial charge in [-0.25, -0.2) is 0 Å². The molecule has 0 heterocycles. The Balaban J connectivity index is 2.50. The molecule has 0 aromatic heterocycles. The van der Waals surface area contributed by atoms with Crippen LogP contribution in [0, 0.1) is 0 Å². The molecule has 1 aromatic rings. The lowest BCUT2D eigenvalue weighted by molar-refractivity contribution is -0.923. The van der Waals surface area contributed by atoms with Crippen LogP contribution in [0.4, 0.5) is 0 Å². The topological polar surface area (TPSA) is 0 Å². The number of benzene rings is 1. The molecule has 0 aliphatic rings. The third-order valence-corrected chi connectivity index (χ3v) is 4.51. The summed E-state index contributed by atoms with van der Waals surface area (Å²) >= 11 is 0. The first-order valence-electron chi connectivity index (χ1n) is 9.07. The Morgan fingerprint density at radius 1 is 0.714 bits per heavy atom. The van der Waals surface area contributed by atoms with Crippen molar-refractivity contribution in [3.8, 4) is 0 Å². The fourth-order valence-electron chi connectivity index (χ4n) is 3.13. The van der Waals surface area contributed by atoms with Gasteiger partial charge in [-0.05, 0) is 25.7 Å². The van der Waals surface area contributed by atoms with Gasteiger partial charge in [0.2, 0.25) is 0 Å². The zero-order valence-corrected chi connectivity index (χ0v) is 14.6.